The quantitative estimate of drug-likeness (QED) is 0.273. The number of hydrogen-bond acceptors (Lipinski definition) is 3. The third kappa shape index (κ3) is 12.5. The summed E-state index contributed by atoms with van der Waals surface area (Å²) in [5.41, 5.74) is 1.02. The second-order valence-electron chi connectivity index (χ2n) is 7.96. The van der Waals surface area contributed by atoms with E-state index >= 15 is 0 Å². The molecule has 0 aliphatic carbocycles. The van der Waals surface area contributed by atoms with Gasteiger partial charge in [-0.25, -0.2) is 0 Å². The molecule has 29 heavy (non-hydrogen) atoms. The Kier molecular flexibility index (Phi) is 15.0. The zero-order valence-corrected chi connectivity index (χ0v) is 19.1. The molecule has 1 amide bonds. The number of benzene rings is 1. The molecule has 0 aliphatic rings. The van der Waals surface area contributed by atoms with Crippen LogP contribution in [0.4, 0.5) is 0 Å². The molecule has 0 radical (unpaired) electrons. The van der Waals surface area contributed by atoms with E-state index in [0.29, 0.717) is 24.5 Å². The molecule has 4 nitrogen and oxygen atoms in total. The lowest BCUT2D eigenvalue weighted by Gasteiger charge is -2.10. The van der Waals surface area contributed by atoms with Gasteiger partial charge in [0.25, 0.3) is 0 Å². The molecule has 0 fully saturated rings. The number of carbonyl (C=O) groups is 1. The zero-order valence-electron chi connectivity index (χ0n) is 19.1. The van der Waals surface area contributed by atoms with E-state index < -0.39 is 0 Å². The molecule has 0 unspecified atom stereocenters. The van der Waals surface area contributed by atoms with Gasteiger partial charge in [0.1, 0.15) is 0 Å². The average Bonchev–Trinajstić information content (AvgIpc) is 2.75. The van der Waals surface area contributed by atoms with E-state index in [1.807, 2.05) is 18.2 Å². The summed E-state index contributed by atoms with van der Waals surface area (Å²) in [6.45, 7) is 2.80. The molecule has 0 saturated heterocycles. The number of ether oxygens (including phenoxy) is 2. The molecule has 0 saturated carbocycles. The van der Waals surface area contributed by atoms with E-state index in [-0.39, 0.29) is 5.91 Å². The normalized spacial score (nSPS) is 10.7. The van der Waals surface area contributed by atoms with Crippen molar-refractivity contribution in [3.8, 4) is 11.5 Å². The van der Waals surface area contributed by atoms with Crippen molar-refractivity contribution in [2.24, 2.45) is 0 Å². The van der Waals surface area contributed by atoms with Crippen LogP contribution in [0.2, 0.25) is 0 Å². The number of unbranched alkanes of at least 4 members (excludes halogenated alkanes) is 12. The number of carbonyl (C=O) groups excluding carboxylic acids is 1. The smallest absolute Gasteiger partial charge is 0.220 e. The summed E-state index contributed by atoms with van der Waals surface area (Å²) in [6.07, 6.45) is 17.8. The fourth-order valence-electron chi connectivity index (χ4n) is 3.58. The van der Waals surface area contributed by atoms with E-state index in [1.165, 1.54) is 70.6 Å². The molecule has 1 aromatic rings. The highest BCUT2D eigenvalue weighted by atomic mass is 16.5. The number of rotatable bonds is 18. The lowest BCUT2D eigenvalue weighted by molar-refractivity contribution is -0.121. The summed E-state index contributed by atoms with van der Waals surface area (Å²) in [7, 11) is 3.24. The predicted molar refractivity (Wildman–Crippen MR) is 122 cm³/mol. The molecule has 1 N–H and O–H groups in total. The van der Waals surface area contributed by atoms with Gasteiger partial charge >= 0.3 is 0 Å². The topological polar surface area (TPSA) is 47.6 Å². The van der Waals surface area contributed by atoms with Crippen LogP contribution in [-0.4, -0.2) is 20.1 Å². The molecular weight excluding hydrogens is 362 g/mol. The van der Waals surface area contributed by atoms with E-state index in [9.17, 15) is 4.79 Å². The van der Waals surface area contributed by atoms with Gasteiger partial charge in [0, 0.05) is 13.0 Å². The number of amides is 1. The first kappa shape index (κ1) is 25.3. The van der Waals surface area contributed by atoms with Crippen LogP contribution in [0.25, 0.3) is 0 Å². The highest BCUT2D eigenvalue weighted by Gasteiger charge is 2.06. The van der Waals surface area contributed by atoms with E-state index in [4.69, 9.17) is 9.47 Å². The Labute approximate surface area is 178 Å². The largest absolute Gasteiger partial charge is 0.493 e. The average molecular weight is 406 g/mol. The van der Waals surface area contributed by atoms with Crippen LogP contribution in [0.3, 0.4) is 0 Å². The third-order valence-corrected chi connectivity index (χ3v) is 5.45. The van der Waals surface area contributed by atoms with Crippen molar-refractivity contribution in [3.05, 3.63) is 23.8 Å². The second-order valence-corrected chi connectivity index (χ2v) is 7.96. The standard InChI is InChI=1S/C25H43NO3/c1-4-5-6-7-8-9-10-11-12-13-14-15-16-17-25(27)26-21-22-18-19-23(28-2)24(20-22)29-3/h18-20H,4-17,21H2,1-3H3,(H,26,27). The SMILES string of the molecule is CCCCCCCCCCCCCCCC(=O)NCc1ccc(OC)c(OC)c1. The molecule has 0 aliphatic heterocycles. The van der Waals surface area contributed by atoms with Gasteiger partial charge in [0.05, 0.1) is 14.2 Å². The summed E-state index contributed by atoms with van der Waals surface area (Å²) in [5, 5.41) is 3.00. The van der Waals surface area contributed by atoms with E-state index in [0.717, 1.165) is 18.4 Å². The minimum Gasteiger partial charge on any atom is -0.493 e. The fraction of sp³-hybridized carbons (Fsp3) is 0.720. The minimum atomic E-state index is 0.128. The monoisotopic (exact) mass is 405 g/mol. The van der Waals surface area contributed by atoms with Crippen LogP contribution in [0.5, 0.6) is 11.5 Å². The molecule has 0 spiro atoms. The fourth-order valence-corrected chi connectivity index (χ4v) is 3.58. The summed E-state index contributed by atoms with van der Waals surface area (Å²) in [4.78, 5) is 12.0. The number of hydrogen-bond donors (Lipinski definition) is 1. The Balaban J connectivity index is 1.97. The lowest BCUT2D eigenvalue weighted by atomic mass is 10.0. The Bertz CT molecular complexity index is 545. The molecule has 0 bridgehead atoms. The van der Waals surface area contributed by atoms with Gasteiger partial charge in [-0.1, -0.05) is 90.0 Å². The summed E-state index contributed by atoms with van der Waals surface area (Å²) in [5.74, 6) is 1.52. The first-order valence-corrected chi connectivity index (χ1v) is 11.7. The Morgan fingerprint density at radius 3 is 1.79 bits per heavy atom. The first-order valence-electron chi connectivity index (χ1n) is 11.7. The Morgan fingerprint density at radius 1 is 0.759 bits per heavy atom. The molecule has 4 heteroatoms. The minimum absolute atomic E-state index is 0.128. The van der Waals surface area contributed by atoms with Gasteiger partial charge in [0.2, 0.25) is 5.91 Å². The van der Waals surface area contributed by atoms with Gasteiger partial charge in [0.15, 0.2) is 11.5 Å². The highest BCUT2D eigenvalue weighted by molar-refractivity contribution is 5.75. The second kappa shape index (κ2) is 17.2. The summed E-state index contributed by atoms with van der Waals surface area (Å²) in [6, 6.07) is 5.73. The molecule has 166 valence electrons. The van der Waals surface area contributed by atoms with Crippen LogP contribution in [-0.2, 0) is 11.3 Å². The molecule has 0 heterocycles. The third-order valence-electron chi connectivity index (χ3n) is 5.45. The van der Waals surface area contributed by atoms with Crippen LogP contribution in [0.15, 0.2) is 18.2 Å². The molecule has 1 aromatic carbocycles. The molecule has 0 atom stereocenters. The van der Waals surface area contributed by atoms with Crippen molar-refractivity contribution in [1.82, 2.24) is 5.32 Å². The maximum Gasteiger partial charge on any atom is 0.220 e. The van der Waals surface area contributed by atoms with Crippen LogP contribution in [0, 0.1) is 0 Å². The number of methoxy groups -OCH3 is 2. The van der Waals surface area contributed by atoms with Crippen molar-refractivity contribution < 1.29 is 14.3 Å². The highest BCUT2D eigenvalue weighted by Crippen LogP contribution is 2.27. The maximum atomic E-state index is 12.0. The van der Waals surface area contributed by atoms with E-state index in [1.54, 1.807) is 14.2 Å². The Hall–Kier alpha value is -1.71. The predicted octanol–water partition coefficient (Wildman–Crippen LogP) is 6.80. The maximum absolute atomic E-state index is 12.0. The number of nitrogens with one attached hydrogen (secondary N) is 1. The summed E-state index contributed by atoms with van der Waals surface area (Å²) < 4.78 is 10.5. The zero-order chi connectivity index (χ0) is 21.2. The molecule has 0 aromatic heterocycles. The van der Waals surface area contributed by atoms with Crippen molar-refractivity contribution >= 4 is 5.91 Å². The van der Waals surface area contributed by atoms with Gasteiger partial charge in [-0.15, -0.1) is 0 Å². The summed E-state index contributed by atoms with van der Waals surface area (Å²) >= 11 is 0. The van der Waals surface area contributed by atoms with Gasteiger partial charge < -0.3 is 14.8 Å². The molecule has 1 rings (SSSR count). The first-order chi connectivity index (χ1) is 14.2. The van der Waals surface area contributed by atoms with Crippen molar-refractivity contribution in [1.29, 1.82) is 0 Å². The van der Waals surface area contributed by atoms with Crippen molar-refractivity contribution in [2.45, 2.75) is 103 Å². The van der Waals surface area contributed by atoms with Gasteiger partial charge in [-0.3, -0.25) is 4.79 Å². The molecular formula is C25H43NO3. The van der Waals surface area contributed by atoms with Crippen LogP contribution in [0.1, 0.15) is 102 Å². The van der Waals surface area contributed by atoms with Crippen LogP contribution < -0.4 is 14.8 Å². The van der Waals surface area contributed by atoms with Crippen molar-refractivity contribution in [3.63, 3.8) is 0 Å². The Morgan fingerprint density at radius 2 is 1.28 bits per heavy atom. The van der Waals surface area contributed by atoms with Gasteiger partial charge in [-0.2, -0.15) is 0 Å². The van der Waals surface area contributed by atoms with Crippen molar-refractivity contribution in [2.75, 3.05) is 14.2 Å². The van der Waals surface area contributed by atoms with E-state index in [2.05, 4.69) is 12.2 Å². The van der Waals surface area contributed by atoms with Crippen LogP contribution >= 0.6 is 0 Å². The lowest BCUT2D eigenvalue weighted by Crippen LogP contribution is -2.22. The van der Waals surface area contributed by atoms with Gasteiger partial charge in [-0.05, 0) is 24.1 Å².